The molecule has 6 nitrogen and oxygen atoms in total. The van der Waals surface area contributed by atoms with Crippen molar-refractivity contribution in [1.82, 2.24) is 15.2 Å². The van der Waals surface area contributed by atoms with Crippen LogP contribution in [0.15, 0.2) is 41.2 Å². The molecule has 3 aromatic rings. The van der Waals surface area contributed by atoms with Crippen molar-refractivity contribution in [3.63, 3.8) is 0 Å². The van der Waals surface area contributed by atoms with Crippen LogP contribution in [0.25, 0.3) is 10.9 Å². The molecule has 2 N–H and O–H groups in total. The number of hydrogen-bond donors (Lipinski definition) is 2. The van der Waals surface area contributed by atoms with Crippen LogP contribution in [0.2, 0.25) is 0 Å². The number of benzene rings is 1. The zero-order valence-corrected chi connectivity index (χ0v) is 14.2. The third-order valence-corrected chi connectivity index (χ3v) is 4.88. The van der Waals surface area contributed by atoms with Gasteiger partial charge in [0, 0.05) is 18.5 Å². The lowest BCUT2D eigenvalue weighted by Crippen LogP contribution is -2.55. The fraction of sp³-hybridized carbons (Fsp3) is 0.263. The second-order valence-corrected chi connectivity index (χ2v) is 6.50. The molecule has 1 fully saturated rings. The molecule has 0 spiro atoms. The summed E-state index contributed by atoms with van der Waals surface area (Å²) in [4.78, 5) is 29.3. The number of aromatic amines is 1. The highest BCUT2D eigenvalue weighted by atomic mass is 19.1. The van der Waals surface area contributed by atoms with E-state index >= 15 is 0 Å². The van der Waals surface area contributed by atoms with Crippen molar-refractivity contribution in [2.45, 2.75) is 19.4 Å². The Morgan fingerprint density at radius 1 is 1.38 bits per heavy atom. The van der Waals surface area contributed by atoms with Crippen LogP contribution in [-0.2, 0) is 0 Å². The summed E-state index contributed by atoms with van der Waals surface area (Å²) in [5.41, 5.74) is 2.03. The molecule has 3 heterocycles. The standard InChI is InChI=1S/C19H18FN3O3/c1-11-2-3-15(20)17-14(11)8-16(22-17)18(24)21-9-13-4-6-23(13)19(25)12-5-7-26-10-12/h2-3,5,7-8,10,13,22H,4,6,9H2,1H3,(H,21,24). The first-order valence-electron chi connectivity index (χ1n) is 8.44. The lowest BCUT2D eigenvalue weighted by atomic mass is 10.0. The Labute approximate surface area is 149 Å². The second-order valence-electron chi connectivity index (χ2n) is 6.50. The molecule has 0 bridgehead atoms. The first-order valence-corrected chi connectivity index (χ1v) is 8.44. The number of furan rings is 1. The number of fused-ring (bicyclic) bond motifs is 1. The van der Waals surface area contributed by atoms with E-state index in [2.05, 4.69) is 10.3 Å². The second kappa shape index (κ2) is 6.33. The van der Waals surface area contributed by atoms with Gasteiger partial charge in [-0.1, -0.05) is 6.07 Å². The van der Waals surface area contributed by atoms with Gasteiger partial charge in [-0.3, -0.25) is 9.59 Å². The van der Waals surface area contributed by atoms with E-state index in [0.29, 0.717) is 35.2 Å². The van der Waals surface area contributed by atoms with E-state index in [1.807, 2.05) is 6.92 Å². The van der Waals surface area contributed by atoms with Gasteiger partial charge in [-0.15, -0.1) is 0 Å². The molecule has 1 aromatic carbocycles. The van der Waals surface area contributed by atoms with Crippen LogP contribution in [0, 0.1) is 12.7 Å². The number of halogens is 1. The number of aryl methyl sites for hydroxylation is 1. The van der Waals surface area contributed by atoms with E-state index in [4.69, 9.17) is 4.42 Å². The van der Waals surface area contributed by atoms with E-state index in [1.54, 1.807) is 23.1 Å². The Bertz CT molecular complexity index is 938. The average Bonchev–Trinajstić information content (AvgIpc) is 3.27. The van der Waals surface area contributed by atoms with Crippen molar-refractivity contribution in [3.8, 4) is 0 Å². The number of likely N-dealkylation sites (tertiary alicyclic amines) is 1. The van der Waals surface area contributed by atoms with Crippen molar-refractivity contribution in [3.05, 3.63) is 59.4 Å². The molecular formula is C19H18FN3O3. The first-order chi connectivity index (χ1) is 12.5. The first kappa shape index (κ1) is 16.4. The van der Waals surface area contributed by atoms with Gasteiger partial charge >= 0.3 is 0 Å². The fourth-order valence-corrected chi connectivity index (χ4v) is 3.23. The average molecular weight is 355 g/mol. The molecule has 2 amide bonds. The fourth-order valence-electron chi connectivity index (χ4n) is 3.23. The number of H-pyrrole nitrogens is 1. The number of carbonyl (C=O) groups excluding carboxylic acids is 2. The zero-order chi connectivity index (χ0) is 18.3. The summed E-state index contributed by atoms with van der Waals surface area (Å²) in [6.07, 6.45) is 3.70. The highest BCUT2D eigenvalue weighted by molar-refractivity contribution is 5.99. The Hall–Kier alpha value is -3.09. The molecule has 1 atom stereocenters. The molecule has 1 aliphatic heterocycles. The van der Waals surface area contributed by atoms with Gasteiger partial charge in [0.05, 0.1) is 23.4 Å². The van der Waals surface area contributed by atoms with Crippen molar-refractivity contribution in [1.29, 1.82) is 0 Å². The Morgan fingerprint density at radius 2 is 2.23 bits per heavy atom. The molecule has 4 rings (SSSR count). The van der Waals surface area contributed by atoms with Gasteiger partial charge in [0.15, 0.2) is 0 Å². The van der Waals surface area contributed by atoms with Gasteiger partial charge in [0.1, 0.15) is 17.8 Å². The van der Waals surface area contributed by atoms with Gasteiger partial charge in [-0.05, 0) is 37.1 Å². The molecule has 26 heavy (non-hydrogen) atoms. The predicted molar refractivity (Wildman–Crippen MR) is 93.5 cm³/mol. The van der Waals surface area contributed by atoms with E-state index in [1.165, 1.54) is 18.6 Å². The van der Waals surface area contributed by atoms with Gasteiger partial charge in [0.25, 0.3) is 11.8 Å². The monoisotopic (exact) mass is 355 g/mol. The highest BCUT2D eigenvalue weighted by Gasteiger charge is 2.33. The number of nitrogens with one attached hydrogen (secondary N) is 2. The van der Waals surface area contributed by atoms with E-state index in [9.17, 15) is 14.0 Å². The normalized spacial score (nSPS) is 16.5. The Balaban J connectivity index is 1.42. The third kappa shape index (κ3) is 2.75. The summed E-state index contributed by atoms with van der Waals surface area (Å²) < 4.78 is 18.8. The molecule has 7 heteroatoms. The molecule has 1 saturated heterocycles. The number of amides is 2. The summed E-state index contributed by atoms with van der Waals surface area (Å²) in [7, 11) is 0. The van der Waals surface area contributed by atoms with Crippen LogP contribution in [0.4, 0.5) is 4.39 Å². The number of hydrogen-bond acceptors (Lipinski definition) is 3. The van der Waals surface area contributed by atoms with E-state index in [-0.39, 0.29) is 23.7 Å². The largest absolute Gasteiger partial charge is 0.472 e. The van der Waals surface area contributed by atoms with Crippen molar-refractivity contribution >= 4 is 22.7 Å². The summed E-state index contributed by atoms with van der Waals surface area (Å²) in [6.45, 7) is 2.87. The van der Waals surface area contributed by atoms with E-state index in [0.717, 1.165) is 12.0 Å². The molecule has 134 valence electrons. The van der Waals surface area contributed by atoms with Crippen LogP contribution >= 0.6 is 0 Å². The molecule has 1 aliphatic rings. The third-order valence-electron chi connectivity index (χ3n) is 4.88. The lowest BCUT2D eigenvalue weighted by molar-refractivity contribution is 0.0455. The molecular weight excluding hydrogens is 337 g/mol. The zero-order valence-electron chi connectivity index (χ0n) is 14.2. The number of aromatic nitrogens is 1. The molecule has 1 unspecified atom stereocenters. The summed E-state index contributed by atoms with van der Waals surface area (Å²) in [5, 5.41) is 3.51. The number of nitrogens with zero attached hydrogens (tertiary/aromatic N) is 1. The van der Waals surface area contributed by atoms with Crippen LogP contribution in [-0.4, -0.2) is 40.8 Å². The molecule has 0 saturated carbocycles. The molecule has 0 aliphatic carbocycles. The maximum atomic E-state index is 13.9. The SMILES string of the molecule is Cc1ccc(F)c2[nH]c(C(=O)NCC3CCN3C(=O)c3ccoc3)cc12. The summed E-state index contributed by atoms with van der Waals surface area (Å²) >= 11 is 0. The Kier molecular flexibility index (Phi) is 3.99. The van der Waals surface area contributed by atoms with E-state index < -0.39 is 0 Å². The van der Waals surface area contributed by atoms with Gasteiger partial charge in [-0.25, -0.2) is 4.39 Å². The quantitative estimate of drug-likeness (QED) is 0.755. The highest BCUT2D eigenvalue weighted by Crippen LogP contribution is 2.23. The summed E-state index contributed by atoms with van der Waals surface area (Å²) in [6, 6.07) is 6.28. The molecule has 0 radical (unpaired) electrons. The minimum Gasteiger partial charge on any atom is -0.472 e. The smallest absolute Gasteiger partial charge is 0.267 e. The predicted octanol–water partition coefficient (Wildman–Crippen LogP) is 2.85. The minimum atomic E-state index is -0.388. The van der Waals surface area contributed by atoms with Crippen molar-refractivity contribution in [2.24, 2.45) is 0 Å². The van der Waals surface area contributed by atoms with Crippen LogP contribution < -0.4 is 5.32 Å². The van der Waals surface area contributed by atoms with Crippen LogP contribution in [0.5, 0.6) is 0 Å². The van der Waals surface area contributed by atoms with Gasteiger partial charge < -0.3 is 19.6 Å². The van der Waals surface area contributed by atoms with Gasteiger partial charge in [-0.2, -0.15) is 0 Å². The van der Waals surface area contributed by atoms with Crippen LogP contribution in [0.3, 0.4) is 0 Å². The van der Waals surface area contributed by atoms with Crippen LogP contribution in [0.1, 0.15) is 32.8 Å². The topological polar surface area (TPSA) is 78.3 Å². The van der Waals surface area contributed by atoms with Gasteiger partial charge in [0.2, 0.25) is 0 Å². The Morgan fingerprint density at radius 3 is 2.88 bits per heavy atom. The maximum absolute atomic E-state index is 13.9. The maximum Gasteiger partial charge on any atom is 0.267 e. The summed E-state index contributed by atoms with van der Waals surface area (Å²) in [5.74, 6) is -0.810. The lowest BCUT2D eigenvalue weighted by Gasteiger charge is -2.40. The van der Waals surface area contributed by atoms with Crippen molar-refractivity contribution < 1.29 is 18.4 Å². The van der Waals surface area contributed by atoms with Crippen molar-refractivity contribution in [2.75, 3.05) is 13.1 Å². The molecule has 2 aromatic heterocycles. The number of carbonyl (C=O) groups is 2. The minimum absolute atomic E-state index is 0.0517. The number of rotatable bonds is 4.